The Morgan fingerprint density at radius 3 is 2.87 bits per heavy atom. The number of hydrogen-bond acceptors (Lipinski definition) is 3. The van der Waals surface area contributed by atoms with E-state index in [1.54, 1.807) is 13.0 Å². The zero-order valence-corrected chi connectivity index (χ0v) is 12.6. The highest BCUT2D eigenvalue weighted by Crippen LogP contribution is 2.25. The normalized spacial score (nSPS) is 20.8. The first kappa shape index (κ1) is 15.5. The number of ether oxygens (including phenoxy) is 1. The van der Waals surface area contributed by atoms with Crippen LogP contribution < -0.4 is 5.32 Å². The van der Waals surface area contributed by atoms with Gasteiger partial charge in [-0.15, -0.1) is 0 Å². The highest BCUT2D eigenvalue weighted by atomic mass is 19.1. The number of H-pyrrole nitrogens is 1. The van der Waals surface area contributed by atoms with Gasteiger partial charge in [-0.2, -0.15) is 0 Å². The Balaban J connectivity index is 1.88. The predicted molar refractivity (Wildman–Crippen MR) is 80.9 cm³/mol. The van der Waals surface area contributed by atoms with Crippen LogP contribution in [0.25, 0.3) is 10.9 Å². The van der Waals surface area contributed by atoms with Gasteiger partial charge in [0.1, 0.15) is 11.5 Å². The average Bonchev–Trinajstić information content (AvgIpc) is 3.05. The van der Waals surface area contributed by atoms with Gasteiger partial charge in [0.05, 0.1) is 18.6 Å². The molecule has 1 unspecified atom stereocenters. The number of aromatic nitrogens is 1. The Morgan fingerprint density at radius 1 is 1.43 bits per heavy atom. The Bertz CT molecular complexity index is 778. The summed E-state index contributed by atoms with van der Waals surface area (Å²) in [6, 6.07) is 4.36. The summed E-state index contributed by atoms with van der Waals surface area (Å²) < 4.78 is 18.7. The topological polar surface area (TPSA) is 91.4 Å². The van der Waals surface area contributed by atoms with Crippen LogP contribution in [0.15, 0.2) is 18.2 Å². The number of carboxylic acids is 1. The SMILES string of the molecule is Cc1cc(F)cc2[nH]c(C(=O)NC3(CC(=O)O)CCOC3)cc12. The lowest BCUT2D eigenvalue weighted by atomic mass is 9.94. The van der Waals surface area contributed by atoms with Gasteiger partial charge >= 0.3 is 5.97 Å². The molecule has 1 aromatic heterocycles. The van der Waals surface area contributed by atoms with Crippen LogP contribution in [0.5, 0.6) is 0 Å². The van der Waals surface area contributed by atoms with E-state index in [2.05, 4.69) is 10.3 Å². The lowest BCUT2D eigenvalue weighted by Crippen LogP contribution is -2.50. The minimum absolute atomic E-state index is 0.166. The molecule has 0 saturated carbocycles. The number of aliphatic carboxylic acids is 1. The number of hydrogen-bond donors (Lipinski definition) is 3. The van der Waals surface area contributed by atoms with E-state index in [1.165, 1.54) is 12.1 Å². The molecule has 1 fully saturated rings. The molecule has 2 heterocycles. The standard InChI is InChI=1S/C16H17FN2O4/c1-9-4-10(17)5-12-11(9)6-13(18-12)15(22)19-16(7-14(20)21)2-3-23-8-16/h4-6,18H,2-3,7-8H2,1H3,(H,19,22)(H,20,21). The Morgan fingerprint density at radius 2 is 2.22 bits per heavy atom. The summed E-state index contributed by atoms with van der Waals surface area (Å²) in [5.74, 6) is -1.80. The minimum atomic E-state index is -0.995. The monoisotopic (exact) mass is 320 g/mol. The van der Waals surface area contributed by atoms with Gasteiger partial charge in [-0.05, 0) is 37.1 Å². The number of nitrogens with one attached hydrogen (secondary N) is 2. The second-order valence-corrected chi connectivity index (χ2v) is 5.97. The number of carboxylic acid groups (broad SMARTS) is 1. The summed E-state index contributed by atoms with van der Waals surface area (Å²) in [6.45, 7) is 2.33. The molecule has 1 atom stereocenters. The van der Waals surface area contributed by atoms with Gasteiger partial charge < -0.3 is 20.1 Å². The summed E-state index contributed by atoms with van der Waals surface area (Å²) >= 11 is 0. The molecular formula is C16H17FN2O4. The van der Waals surface area contributed by atoms with E-state index in [0.717, 1.165) is 10.9 Å². The summed E-state index contributed by atoms with van der Waals surface area (Å²) in [5.41, 5.74) is 0.619. The number of rotatable bonds is 4. The van der Waals surface area contributed by atoms with Crippen LogP contribution >= 0.6 is 0 Å². The first-order valence-corrected chi connectivity index (χ1v) is 7.29. The highest BCUT2D eigenvalue weighted by Gasteiger charge is 2.39. The van der Waals surface area contributed by atoms with Gasteiger partial charge in [0.25, 0.3) is 5.91 Å². The molecular weight excluding hydrogens is 303 g/mol. The van der Waals surface area contributed by atoms with Crippen molar-refractivity contribution in [1.82, 2.24) is 10.3 Å². The Kier molecular flexibility index (Phi) is 3.81. The molecule has 3 rings (SSSR count). The molecule has 1 aliphatic rings. The number of carbonyl (C=O) groups excluding carboxylic acids is 1. The Labute approximate surface area is 131 Å². The van der Waals surface area contributed by atoms with Crippen LogP contribution in [0, 0.1) is 12.7 Å². The van der Waals surface area contributed by atoms with E-state index in [9.17, 15) is 14.0 Å². The largest absolute Gasteiger partial charge is 0.481 e. The first-order chi connectivity index (χ1) is 10.9. The quantitative estimate of drug-likeness (QED) is 0.803. The van der Waals surface area contributed by atoms with Crippen molar-refractivity contribution in [2.75, 3.05) is 13.2 Å². The smallest absolute Gasteiger partial charge is 0.305 e. The van der Waals surface area contributed by atoms with Crippen LogP contribution in [-0.4, -0.2) is 40.7 Å². The third kappa shape index (κ3) is 3.05. The van der Waals surface area contributed by atoms with E-state index >= 15 is 0 Å². The maximum absolute atomic E-state index is 13.4. The fraction of sp³-hybridized carbons (Fsp3) is 0.375. The zero-order valence-electron chi connectivity index (χ0n) is 12.6. The number of halogens is 1. The molecule has 1 aromatic carbocycles. The van der Waals surface area contributed by atoms with Crippen LogP contribution in [0.3, 0.4) is 0 Å². The molecule has 0 aliphatic carbocycles. The van der Waals surface area contributed by atoms with Crippen molar-refractivity contribution in [2.45, 2.75) is 25.3 Å². The summed E-state index contributed by atoms with van der Waals surface area (Å²) in [7, 11) is 0. The molecule has 0 bridgehead atoms. The molecule has 1 saturated heterocycles. The molecule has 0 spiro atoms. The van der Waals surface area contributed by atoms with Gasteiger partial charge in [0.2, 0.25) is 0 Å². The number of amides is 1. The van der Waals surface area contributed by atoms with Crippen LogP contribution in [-0.2, 0) is 9.53 Å². The van der Waals surface area contributed by atoms with Crippen molar-refractivity contribution in [2.24, 2.45) is 0 Å². The second-order valence-electron chi connectivity index (χ2n) is 5.97. The van der Waals surface area contributed by atoms with E-state index in [4.69, 9.17) is 9.84 Å². The van der Waals surface area contributed by atoms with Crippen molar-refractivity contribution >= 4 is 22.8 Å². The number of carbonyl (C=O) groups is 2. The van der Waals surface area contributed by atoms with Gasteiger partial charge in [-0.3, -0.25) is 9.59 Å². The van der Waals surface area contributed by atoms with Gasteiger partial charge in [-0.1, -0.05) is 0 Å². The molecule has 122 valence electrons. The predicted octanol–water partition coefficient (Wildman–Crippen LogP) is 1.98. The average molecular weight is 320 g/mol. The number of aromatic amines is 1. The fourth-order valence-corrected chi connectivity index (χ4v) is 2.98. The highest BCUT2D eigenvalue weighted by molar-refractivity contribution is 5.99. The van der Waals surface area contributed by atoms with Crippen LogP contribution in [0.2, 0.25) is 0 Å². The molecule has 7 heteroatoms. The van der Waals surface area contributed by atoms with Crippen molar-refractivity contribution in [1.29, 1.82) is 0 Å². The molecule has 1 amide bonds. The second kappa shape index (κ2) is 5.66. The first-order valence-electron chi connectivity index (χ1n) is 7.29. The van der Waals surface area contributed by atoms with Gasteiger partial charge in [0, 0.05) is 17.5 Å². The van der Waals surface area contributed by atoms with Crippen LogP contribution in [0.1, 0.15) is 28.9 Å². The number of fused-ring (bicyclic) bond motifs is 1. The third-order valence-corrected chi connectivity index (χ3v) is 4.13. The maximum atomic E-state index is 13.4. The van der Waals surface area contributed by atoms with E-state index in [0.29, 0.717) is 18.5 Å². The molecule has 0 radical (unpaired) electrons. The lowest BCUT2D eigenvalue weighted by Gasteiger charge is -2.26. The van der Waals surface area contributed by atoms with Gasteiger partial charge in [-0.25, -0.2) is 4.39 Å². The van der Waals surface area contributed by atoms with E-state index < -0.39 is 17.4 Å². The zero-order chi connectivity index (χ0) is 16.6. The molecule has 23 heavy (non-hydrogen) atoms. The molecule has 6 nitrogen and oxygen atoms in total. The Hall–Kier alpha value is -2.41. The van der Waals surface area contributed by atoms with Crippen molar-refractivity contribution in [3.05, 3.63) is 35.3 Å². The fourth-order valence-electron chi connectivity index (χ4n) is 2.98. The molecule has 1 aliphatic heterocycles. The molecule has 2 aromatic rings. The minimum Gasteiger partial charge on any atom is -0.481 e. The van der Waals surface area contributed by atoms with Crippen molar-refractivity contribution < 1.29 is 23.8 Å². The number of aryl methyl sites for hydroxylation is 1. The van der Waals surface area contributed by atoms with Gasteiger partial charge in [0.15, 0.2) is 0 Å². The lowest BCUT2D eigenvalue weighted by molar-refractivity contribution is -0.138. The summed E-state index contributed by atoms with van der Waals surface area (Å²) in [4.78, 5) is 26.4. The third-order valence-electron chi connectivity index (χ3n) is 4.13. The van der Waals surface area contributed by atoms with E-state index in [1.807, 2.05) is 0 Å². The van der Waals surface area contributed by atoms with Crippen molar-refractivity contribution in [3.8, 4) is 0 Å². The molecule has 3 N–H and O–H groups in total. The maximum Gasteiger partial charge on any atom is 0.305 e. The van der Waals surface area contributed by atoms with E-state index in [-0.39, 0.29) is 24.5 Å². The number of benzene rings is 1. The van der Waals surface area contributed by atoms with Crippen molar-refractivity contribution in [3.63, 3.8) is 0 Å². The summed E-state index contributed by atoms with van der Waals surface area (Å²) in [5, 5.41) is 12.6. The summed E-state index contributed by atoms with van der Waals surface area (Å²) in [6.07, 6.45) is 0.242. The van der Waals surface area contributed by atoms with Crippen LogP contribution in [0.4, 0.5) is 4.39 Å².